The van der Waals surface area contributed by atoms with Crippen molar-refractivity contribution in [1.82, 2.24) is 5.32 Å². The second-order valence-corrected chi connectivity index (χ2v) is 7.77. The van der Waals surface area contributed by atoms with Crippen molar-refractivity contribution in [2.75, 3.05) is 6.61 Å². The van der Waals surface area contributed by atoms with Gasteiger partial charge in [-0.2, -0.15) is 0 Å². The number of carbonyl (C=O) groups is 4. The van der Waals surface area contributed by atoms with Crippen LogP contribution in [-0.2, 0) is 33.3 Å². The van der Waals surface area contributed by atoms with Gasteiger partial charge < -0.3 is 24.3 Å². The van der Waals surface area contributed by atoms with Crippen molar-refractivity contribution in [3.63, 3.8) is 0 Å². The summed E-state index contributed by atoms with van der Waals surface area (Å²) in [6, 6.07) is 8.51. The van der Waals surface area contributed by atoms with Gasteiger partial charge in [-0.25, -0.2) is 0 Å². The van der Waals surface area contributed by atoms with Gasteiger partial charge in [-0.05, 0) is 12.1 Å². The van der Waals surface area contributed by atoms with Crippen molar-refractivity contribution in [1.29, 1.82) is 0 Å². The fourth-order valence-corrected chi connectivity index (χ4v) is 3.72. The van der Waals surface area contributed by atoms with Crippen molar-refractivity contribution < 1.29 is 38.1 Å². The number of esters is 3. The van der Waals surface area contributed by atoms with Gasteiger partial charge in [0.1, 0.15) is 18.9 Å². The molecule has 1 saturated heterocycles. The summed E-state index contributed by atoms with van der Waals surface area (Å²) in [5.74, 6) is -2.15. The van der Waals surface area contributed by atoms with E-state index in [4.69, 9.17) is 18.9 Å². The van der Waals surface area contributed by atoms with Gasteiger partial charge in [0.2, 0.25) is 0 Å². The van der Waals surface area contributed by atoms with Crippen LogP contribution in [0.25, 0.3) is 0 Å². The Balaban J connectivity index is 2.27. The molecule has 9 nitrogen and oxygen atoms in total. The van der Waals surface area contributed by atoms with E-state index in [-0.39, 0.29) is 6.61 Å². The zero-order chi connectivity index (χ0) is 21.6. The van der Waals surface area contributed by atoms with Gasteiger partial charge in [0.15, 0.2) is 12.2 Å². The summed E-state index contributed by atoms with van der Waals surface area (Å²) in [6.45, 7) is 3.41. The van der Waals surface area contributed by atoms with Crippen LogP contribution < -0.4 is 5.32 Å². The molecular formula is C19H22INO8. The Kier molecular flexibility index (Phi) is 8.38. The van der Waals surface area contributed by atoms with Crippen molar-refractivity contribution in [3.8, 4) is 0 Å². The highest BCUT2D eigenvalue weighted by atomic mass is 127. The number of hydrogen-bond acceptors (Lipinski definition) is 8. The highest BCUT2D eigenvalue weighted by Crippen LogP contribution is 2.31. The van der Waals surface area contributed by atoms with Gasteiger partial charge in [-0.1, -0.05) is 40.8 Å². The van der Waals surface area contributed by atoms with Crippen LogP contribution in [0.15, 0.2) is 30.3 Å². The topological polar surface area (TPSA) is 117 Å². The molecule has 0 spiro atoms. The summed E-state index contributed by atoms with van der Waals surface area (Å²) in [5.41, 5.74) is 0.419. The van der Waals surface area contributed by atoms with Crippen LogP contribution in [0.3, 0.4) is 0 Å². The minimum Gasteiger partial charge on any atom is -0.463 e. The van der Waals surface area contributed by atoms with Crippen LogP contribution in [0.4, 0.5) is 0 Å². The first kappa shape index (κ1) is 23.1. The molecule has 0 aromatic heterocycles. The number of alkyl halides is 1. The first-order valence-electron chi connectivity index (χ1n) is 8.82. The van der Waals surface area contributed by atoms with E-state index in [1.54, 1.807) is 30.3 Å². The van der Waals surface area contributed by atoms with Gasteiger partial charge >= 0.3 is 17.9 Å². The lowest BCUT2D eigenvalue weighted by molar-refractivity contribution is -0.213. The number of rotatable bonds is 6. The van der Waals surface area contributed by atoms with Crippen molar-refractivity contribution in [3.05, 3.63) is 35.9 Å². The Labute approximate surface area is 181 Å². The molecule has 5 atom stereocenters. The third kappa shape index (κ3) is 6.67. The Bertz CT molecular complexity index is 756. The fourth-order valence-electron chi connectivity index (χ4n) is 2.81. The average Bonchev–Trinajstić information content (AvgIpc) is 2.65. The summed E-state index contributed by atoms with van der Waals surface area (Å²) in [7, 11) is 0. The maximum atomic E-state index is 12.5. The predicted molar refractivity (Wildman–Crippen MR) is 108 cm³/mol. The fraction of sp³-hybridized carbons (Fsp3) is 0.474. The molecule has 0 unspecified atom stereocenters. The quantitative estimate of drug-likeness (QED) is 0.259. The molecule has 1 aromatic carbocycles. The molecule has 1 amide bonds. The maximum Gasteiger partial charge on any atom is 0.303 e. The summed E-state index contributed by atoms with van der Waals surface area (Å²) in [4.78, 5) is 47.0. The van der Waals surface area contributed by atoms with E-state index in [1.807, 2.05) is 22.6 Å². The summed E-state index contributed by atoms with van der Waals surface area (Å²) >= 11 is 1.96. The minimum absolute atomic E-state index is 0.244. The zero-order valence-electron chi connectivity index (χ0n) is 16.1. The first-order valence-corrected chi connectivity index (χ1v) is 10.1. The number of amides is 1. The second kappa shape index (κ2) is 10.5. The monoisotopic (exact) mass is 519 g/mol. The van der Waals surface area contributed by atoms with Crippen LogP contribution in [-0.4, -0.2) is 58.9 Å². The Hall–Kier alpha value is -2.21. The lowest BCUT2D eigenvalue weighted by atomic mass is 10.00. The molecule has 10 heteroatoms. The molecular weight excluding hydrogens is 497 g/mol. The molecule has 1 heterocycles. The molecule has 0 aliphatic carbocycles. The molecule has 1 fully saturated rings. The maximum absolute atomic E-state index is 12.5. The largest absolute Gasteiger partial charge is 0.463 e. The molecule has 2 rings (SSSR count). The van der Waals surface area contributed by atoms with Crippen LogP contribution in [0.2, 0.25) is 0 Å². The van der Waals surface area contributed by atoms with Gasteiger partial charge in [0.25, 0.3) is 5.91 Å². The molecule has 1 aliphatic rings. The zero-order valence-corrected chi connectivity index (χ0v) is 18.3. The number of carbonyl (C=O) groups excluding carboxylic acids is 4. The van der Waals surface area contributed by atoms with Crippen molar-refractivity contribution >= 4 is 46.4 Å². The van der Waals surface area contributed by atoms with Crippen LogP contribution >= 0.6 is 22.6 Å². The Morgan fingerprint density at radius 2 is 1.55 bits per heavy atom. The van der Waals surface area contributed by atoms with Gasteiger partial charge in [0, 0.05) is 26.3 Å². The molecule has 0 saturated carbocycles. The number of nitrogens with one attached hydrogen (secondary N) is 1. The molecule has 1 aromatic rings. The van der Waals surface area contributed by atoms with E-state index in [1.165, 1.54) is 20.8 Å². The molecule has 1 aliphatic heterocycles. The van der Waals surface area contributed by atoms with Gasteiger partial charge in [-0.3, -0.25) is 19.2 Å². The average molecular weight is 519 g/mol. The van der Waals surface area contributed by atoms with E-state index in [0.717, 1.165) is 0 Å². The molecule has 1 N–H and O–H groups in total. The highest BCUT2D eigenvalue weighted by Gasteiger charge is 2.49. The normalized spacial score (nSPS) is 26.1. The molecule has 0 radical (unpaired) electrons. The Morgan fingerprint density at radius 1 is 0.966 bits per heavy atom. The first-order chi connectivity index (χ1) is 13.7. The van der Waals surface area contributed by atoms with E-state index in [2.05, 4.69) is 5.32 Å². The smallest absolute Gasteiger partial charge is 0.303 e. The molecule has 29 heavy (non-hydrogen) atoms. The molecule has 158 valence electrons. The summed E-state index contributed by atoms with van der Waals surface area (Å²) < 4.78 is 21.0. The molecule has 0 bridgehead atoms. The van der Waals surface area contributed by atoms with E-state index in [9.17, 15) is 19.2 Å². The van der Waals surface area contributed by atoms with E-state index in [0.29, 0.717) is 5.56 Å². The Morgan fingerprint density at radius 3 is 2.10 bits per heavy atom. The van der Waals surface area contributed by atoms with E-state index >= 15 is 0 Å². The SMILES string of the molecule is CC(=O)OC[C@H]1O[C@H](NC(=O)c2ccccc2)[C@@H](I)[C@@H](OC(C)=O)[C@@H]1OC(C)=O. The van der Waals surface area contributed by atoms with E-state index < -0.39 is 52.3 Å². The number of ether oxygens (including phenoxy) is 4. The van der Waals surface area contributed by atoms with Gasteiger partial charge in [-0.15, -0.1) is 0 Å². The summed E-state index contributed by atoms with van der Waals surface area (Å²) in [6.07, 6.45) is -3.77. The van der Waals surface area contributed by atoms with Crippen LogP contribution in [0.1, 0.15) is 31.1 Å². The standard InChI is InChI=1S/C19H22INO8/c1-10(22)26-9-14-16(27-11(2)23)17(28-12(3)24)15(20)19(29-14)21-18(25)13-7-5-4-6-8-13/h4-8,14-17,19H,9H2,1-3H3,(H,21,25)/t14-,15+,16-,17-,19+/m1/s1. The minimum atomic E-state index is -1.01. The van der Waals surface area contributed by atoms with Crippen LogP contribution in [0.5, 0.6) is 0 Å². The van der Waals surface area contributed by atoms with Crippen molar-refractivity contribution in [2.45, 2.75) is 49.2 Å². The highest BCUT2D eigenvalue weighted by molar-refractivity contribution is 14.1. The second-order valence-electron chi connectivity index (χ2n) is 6.33. The van der Waals surface area contributed by atoms with Crippen molar-refractivity contribution in [2.24, 2.45) is 0 Å². The number of benzene rings is 1. The lowest BCUT2D eigenvalue weighted by Gasteiger charge is -2.43. The predicted octanol–water partition coefficient (Wildman–Crippen LogP) is 1.37. The van der Waals surface area contributed by atoms with Crippen LogP contribution in [0, 0.1) is 0 Å². The lowest BCUT2D eigenvalue weighted by Crippen LogP contribution is -2.63. The third-order valence-electron chi connectivity index (χ3n) is 3.98. The third-order valence-corrected chi connectivity index (χ3v) is 5.34. The summed E-state index contributed by atoms with van der Waals surface area (Å²) in [5, 5.41) is 2.74. The number of halogens is 1. The van der Waals surface area contributed by atoms with Gasteiger partial charge in [0.05, 0.1) is 3.92 Å². The number of hydrogen-bond donors (Lipinski definition) is 1.